The number of hydrogen-bond acceptors (Lipinski definition) is 6. The second kappa shape index (κ2) is 8.16. The summed E-state index contributed by atoms with van der Waals surface area (Å²) in [6, 6.07) is 0. The maximum atomic E-state index is 11.0. The van der Waals surface area contributed by atoms with Crippen LogP contribution in [0.5, 0.6) is 0 Å². The molecule has 0 aromatic rings. The van der Waals surface area contributed by atoms with E-state index in [1.165, 1.54) is 13.2 Å². The van der Waals surface area contributed by atoms with Crippen molar-refractivity contribution in [2.75, 3.05) is 27.1 Å². The van der Waals surface area contributed by atoms with Crippen molar-refractivity contribution in [2.24, 2.45) is 0 Å². The molecule has 0 aliphatic rings. The van der Waals surface area contributed by atoms with Crippen LogP contribution in [0, 0.1) is 0 Å². The lowest BCUT2D eigenvalue weighted by Gasteiger charge is -2.11. The fourth-order valence-corrected chi connectivity index (χ4v) is 2.30. The molecule has 0 amide bonds. The molecule has 0 fully saturated rings. The summed E-state index contributed by atoms with van der Waals surface area (Å²) < 4.78 is 38.8. The molecule has 0 rings (SSSR count). The summed E-state index contributed by atoms with van der Waals surface area (Å²) in [7, 11) is -8.39. The van der Waals surface area contributed by atoms with Crippen LogP contribution in [0.15, 0.2) is 11.6 Å². The van der Waals surface area contributed by atoms with Gasteiger partial charge in [0.2, 0.25) is 0 Å². The van der Waals surface area contributed by atoms with Gasteiger partial charge in [-0.05, 0) is 12.5 Å². The van der Waals surface area contributed by atoms with Gasteiger partial charge in [-0.25, -0.2) is 9.13 Å². The molecule has 0 bridgehead atoms. The molecule has 0 saturated carbocycles. The van der Waals surface area contributed by atoms with E-state index in [0.717, 1.165) is 0 Å². The highest BCUT2D eigenvalue weighted by Crippen LogP contribution is 2.57. The van der Waals surface area contributed by atoms with Gasteiger partial charge in [-0.3, -0.25) is 4.52 Å². The first-order valence-corrected chi connectivity index (χ1v) is 7.65. The van der Waals surface area contributed by atoms with Gasteiger partial charge in [-0.1, -0.05) is 6.08 Å². The highest BCUT2D eigenvalue weighted by atomic mass is 31.3. The lowest BCUT2D eigenvalue weighted by Crippen LogP contribution is -2.01. The summed E-state index contributed by atoms with van der Waals surface area (Å²) in [6.45, 7) is 1.65. The number of phosphoric ester groups is 1. The van der Waals surface area contributed by atoms with Crippen molar-refractivity contribution in [3.05, 3.63) is 11.6 Å². The van der Waals surface area contributed by atoms with Crippen LogP contribution < -0.4 is 0 Å². The minimum atomic E-state index is -5.07. The zero-order valence-corrected chi connectivity index (χ0v) is 11.7. The molecule has 0 spiro atoms. The number of phosphoric acid groups is 2. The van der Waals surface area contributed by atoms with Crippen molar-refractivity contribution in [3.8, 4) is 0 Å². The smallest absolute Gasteiger partial charge is 0.359 e. The Hall–Kier alpha value is -0.0800. The van der Waals surface area contributed by atoms with Crippen LogP contribution in [0.25, 0.3) is 0 Å². The number of hydrogen-bond donors (Lipinski definition) is 3. The minimum Gasteiger partial charge on any atom is -0.359 e. The molecule has 0 aromatic carbocycles. The quantitative estimate of drug-likeness (QED) is 0.244. The largest absolute Gasteiger partial charge is 0.481 e. The van der Waals surface area contributed by atoms with E-state index >= 15 is 0 Å². The van der Waals surface area contributed by atoms with Gasteiger partial charge >= 0.3 is 15.6 Å². The Kier molecular flexibility index (Phi) is 8.13. The third-order valence-corrected chi connectivity index (χ3v) is 3.56. The Labute approximate surface area is 104 Å². The van der Waals surface area contributed by atoms with Crippen molar-refractivity contribution in [1.29, 1.82) is 0 Å². The first-order chi connectivity index (χ1) is 8.16. The summed E-state index contributed by atoms with van der Waals surface area (Å²) in [5.74, 6) is 0. The maximum Gasteiger partial charge on any atom is 0.481 e. The van der Waals surface area contributed by atoms with E-state index in [0.29, 0.717) is 5.57 Å². The molecule has 1 unspecified atom stereocenters. The number of methoxy groups -OCH3 is 1. The van der Waals surface area contributed by atoms with E-state index in [1.807, 2.05) is 0 Å². The van der Waals surface area contributed by atoms with E-state index in [2.05, 4.69) is 13.6 Å². The van der Waals surface area contributed by atoms with Crippen LogP contribution >= 0.6 is 15.6 Å². The Morgan fingerprint density at radius 1 is 1.28 bits per heavy atom. The fraction of sp³-hybridized carbons (Fsp3) is 0.714. The summed E-state index contributed by atoms with van der Waals surface area (Å²) in [4.78, 5) is 25.6. The summed E-state index contributed by atoms with van der Waals surface area (Å²) in [5.41, 5.74) is 0.684. The van der Waals surface area contributed by atoms with Gasteiger partial charge < -0.3 is 24.2 Å². The van der Waals surface area contributed by atoms with E-state index in [4.69, 9.17) is 19.4 Å². The summed E-state index contributed by atoms with van der Waals surface area (Å²) >= 11 is 0. The molecule has 1 atom stereocenters. The van der Waals surface area contributed by atoms with Crippen LogP contribution in [0.4, 0.5) is 0 Å². The van der Waals surface area contributed by atoms with Gasteiger partial charge in [0.15, 0.2) is 0 Å². The molecule has 0 radical (unpaired) electrons. The van der Waals surface area contributed by atoms with Crippen LogP contribution in [-0.2, 0) is 27.4 Å². The third-order valence-electron chi connectivity index (χ3n) is 1.41. The van der Waals surface area contributed by atoms with Crippen LogP contribution in [0.2, 0.25) is 0 Å². The van der Waals surface area contributed by atoms with Crippen molar-refractivity contribution < 1.29 is 42.1 Å². The van der Waals surface area contributed by atoms with Crippen molar-refractivity contribution in [2.45, 2.75) is 6.92 Å². The van der Waals surface area contributed by atoms with E-state index in [1.54, 1.807) is 6.92 Å². The average Bonchev–Trinajstić information content (AvgIpc) is 2.13. The monoisotopic (exact) mass is 306 g/mol. The average molecular weight is 306 g/mol. The maximum absolute atomic E-state index is 11.0. The normalized spacial score (nSPS) is 16.6. The molecule has 0 heterocycles. The highest BCUT2D eigenvalue weighted by molar-refractivity contribution is 7.60. The molecule has 18 heavy (non-hydrogen) atoms. The van der Waals surface area contributed by atoms with E-state index in [9.17, 15) is 9.13 Å². The molecule has 0 aromatic heterocycles. The third kappa shape index (κ3) is 11.0. The lowest BCUT2D eigenvalue weighted by atomic mass is 10.3. The first-order valence-electron chi connectivity index (χ1n) is 4.63. The van der Waals surface area contributed by atoms with Crippen molar-refractivity contribution >= 4 is 15.6 Å². The van der Waals surface area contributed by atoms with Gasteiger partial charge in [-0.15, -0.1) is 0 Å². The Balaban J connectivity index is 4.05. The highest BCUT2D eigenvalue weighted by Gasteiger charge is 2.31. The van der Waals surface area contributed by atoms with E-state index in [-0.39, 0.29) is 20.0 Å². The SMILES string of the molecule is COCOC/C(C)=C/COP(=O)(O)OP(=O)(O)O. The van der Waals surface area contributed by atoms with Gasteiger partial charge in [0.05, 0.1) is 13.2 Å². The lowest BCUT2D eigenvalue weighted by molar-refractivity contribution is -0.0212. The van der Waals surface area contributed by atoms with Crippen LogP contribution in [-0.4, -0.2) is 41.8 Å². The van der Waals surface area contributed by atoms with Crippen molar-refractivity contribution in [3.63, 3.8) is 0 Å². The Morgan fingerprint density at radius 2 is 1.89 bits per heavy atom. The molecule has 0 aliphatic heterocycles. The van der Waals surface area contributed by atoms with Gasteiger partial charge in [0, 0.05) is 7.11 Å². The number of ether oxygens (including phenoxy) is 2. The molecule has 11 heteroatoms. The van der Waals surface area contributed by atoms with E-state index < -0.39 is 15.6 Å². The molecule has 9 nitrogen and oxygen atoms in total. The molecule has 3 N–H and O–H groups in total. The van der Waals surface area contributed by atoms with Crippen LogP contribution in [0.1, 0.15) is 6.92 Å². The molecule has 0 saturated heterocycles. The predicted octanol–water partition coefficient (Wildman–Crippen LogP) is 0.779. The predicted molar refractivity (Wildman–Crippen MR) is 60.5 cm³/mol. The molecular weight excluding hydrogens is 290 g/mol. The van der Waals surface area contributed by atoms with Gasteiger partial charge in [-0.2, -0.15) is 4.31 Å². The second-order valence-corrected chi connectivity index (χ2v) is 5.97. The topological polar surface area (TPSA) is 132 Å². The van der Waals surface area contributed by atoms with Crippen molar-refractivity contribution in [1.82, 2.24) is 0 Å². The van der Waals surface area contributed by atoms with Crippen LogP contribution in [0.3, 0.4) is 0 Å². The second-order valence-electron chi connectivity index (χ2n) is 3.14. The van der Waals surface area contributed by atoms with Gasteiger partial charge in [0.1, 0.15) is 6.79 Å². The van der Waals surface area contributed by atoms with Gasteiger partial charge in [0.25, 0.3) is 0 Å². The number of rotatable bonds is 9. The zero-order valence-electron chi connectivity index (χ0n) is 9.88. The minimum absolute atomic E-state index is 0.103. The standard InChI is InChI=1S/C7H16O9P2/c1-7(5-14-6-13-2)3-4-15-18(11,12)16-17(8,9)10/h3H,4-6H2,1-2H3,(H,11,12)(H2,8,9,10)/b7-3+. The molecule has 108 valence electrons. The fourth-order valence-electron chi connectivity index (χ4n) is 0.777. The summed E-state index contributed by atoms with van der Waals surface area (Å²) in [6.07, 6.45) is 1.40. The first kappa shape index (κ1) is 17.9. The zero-order chi connectivity index (χ0) is 14.2. The Bertz CT molecular complexity index is 360. The molecular formula is C7H16O9P2. The Morgan fingerprint density at radius 3 is 2.39 bits per heavy atom. The molecule has 0 aliphatic carbocycles. The summed E-state index contributed by atoms with van der Waals surface area (Å²) in [5, 5.41) is 0.